The van der Waals surface area contributed by atoms with Crippen molar-refractivity contribution in [2.45, 2.75) is 13.1 Å². The monoisotopic (exact) mass is 605 g/mol. The molecule has 2 aromatic heterocycles. The number of rotatable bonds is 4. The van der Waals surface area contributed by atoms with E-state index in [-0.39, 0.29) is 0 Å². The van der Waals surface area contributed by atoms with Gasteiger partial charge in [0.2, 0.25) is 0 Å². The van der Waals surface area contributed by atoms with Gasteiger partial charge < -0.3 is 4.57 Å². The molecule has 8 aromatic rings. The molecule has 9 rings (SSSR count). The Morgan fingerprint density at radius 3 is 1.96 bits per heavy atom. The van der Waals surface area contributed by atoms with Crippen LogP contribution in [0, 0.1) is 0 Å². The predicted octanol–water partition coefficient (Wildman–Crippen LogP) is 9.38. The summed E-state index contributed by atoms with van der Waals surface area (Å²) in [5, 5.41) is 5.26. The molecule has 0 aliphatic carbocycles. The molecule has 0 saturated heterocycles. The number of fused-ring (bicyclic) bond motifs is 6. The minimum absolute atomic E-state index is 0.774. The summed E-state index contributed by atoms with van der Waals surface area (Å²) >= 11 is 0. The number of hydrogen-bond donors (Lipinski definition) is 0. The van der Waals surface area contributed by atoms with Gasteiger partial charge in [-0.2, -0.15) is 0 Å². The molecule has 0 spiro atoms. The van der Waals surface area contributed by atoms with Gasteiger partial charge in [0.1, 0.15) is 8.07 Å². The lowest BCUT2D eigenvalue weighted by Crippen LogP contribution is -2.50. The van der Waals surface area contributed by atoms with Gasteiger partial charge >= 0.3 is 0 Å². The van der Waals surface area contributed by atoms with Crippen molar-refractivity contribution in [2.24, 2.45) is 0 Å². The van der Waals surface area contributed by atoms with Crippen LogP contribution in [0.3, 0.4) is 0 Å². The first-order valence-electron chi connectivity index (χ1n) is 15.9. The van der Waals surface area contributed by atoms with E-state index in [4.69, 9.17) is 9.97 Å². The van der Waals surface area contributed by atoms with Crippen LogP contribution in [-0.2, 0) is 0 Å². The lowest BCUT2D eigenvalue weighted by atomic mass is 9.99. The van der Waals surface area contributed by atoms with Crippen LogP contribution in [0.2, 0.25) is 13.1 Å². The topological polar surface area (TPSA) is 30.7 Å². The summed E-state index contributed by atoms with van der Waals surface area (Å²) in [7, 11) is -2.05. The van der Waals surface area contributed by atoms with Crippen LogP contribution >= 0.6 is 0 Å². The second kappa shape index (κ2) is 10.2. The summed E-state index contributed by atoms with van der Waals surface area (Å²) in [6.45, 7) is 4.87. The zero-order valence-electron chi connectivity index (χ0n) is 25.8. The first-order valence-corrected chi connectivity index (χ1v) is 18.9. The highest BCUT2D eigenvalue weighted by atomic mass is 28.3. The highest BCUT2D eigenvalue weighted by molar-refractivity contribution is 7.04. The lowest BCUT2D eigenvalue weighted by molar-refractivity contribution is 1.18. The van der Waals surface area contributed by atoms with Crippen LogP contribution < -0.4 is 10.4 Å². The standard InChI is InChI=1S/C42H31N3Si/c1-46(2)38-23-12-10-21-34(38)40-41(46)39(43-42(44-40)28-14-5-3-6-15-28)31-17-13-16-29(26-31)30-24-25-37-35(27-30)33-20-9-11-22-36(33)45(37)32-18-7-4-8-19-32/h3-27H,1-2H3. The predicted molar refractivity (Wildman–Crippen MR) is 195 cm³/mol. The van der Waals surface area contributed by atoms with Gasteiger partial charge in [-0.25, -0.2) is 9.97 Å². The highest BCUT2D eigenvalue weighted by Crippen LogP contribution is 2.37. The van der Waals surface area contributed by atoms with Crippen molar-refractivity contribution >= 4 is 40.3 Å². The third kappa shape index (κ3) is 4.04. The Hall–Kier alpha value is -5.58. The number of benzene rings is 6. The van der Waals surface area contributed by atoms with Crippen molar-refractivity contribution in [2.75, 3.05) is 0 Å². The van der Waals surface area contributed by atoms with Crippen molar-refractivity contribution in [1.29, 1.82) is 0 Å². The molecular weight excluding hydrogens is 575 g/mol. The van der Waals surface area contributed by atoms with Gasteiger partial charge in [0.05, 0.1) is 22.4 Å². The molecule has 0 unspecified atom stereocenters. The Balaban J connectivity index is 1.24. The Bertz CT molecular complexity index is 2440. The summed E-state index contributed by atoms with van der Waals surface area (Å²) in [5.41, 5.74) is 11.5. The van der Waals surface area contributed by atoms with Crippen molar-refractivity contribution in [3.8, 4) is 50.7 Å². The number of para-hydroxylation sites is 2. The molecule has 0 atom stereocenters. The first-order chi connectivity index (χ1) is 22.6. The van der Waals surface area contributed by atoms with E-state index in [2.05, 4.69) is 163 Å². The number of hydrogen-bond acceptors (Lipinski definition) is 2. The quantitative estimate of drug-likeness (QED) is 0.187. The van der Waals surface area contributed by atoms with E-state index >= 15 is 0 Å². The van der Waals surface area contributed by atoms with Crippen LogP contribution in [0.25, 0.3) is 72.5 Å². The van der Waals surface area contributed by atoms with Crippen molar-refractivity contribution in [3.05, 3.63) is 152 Å². The molecule has 6 aromatic carbocycles. The van der Waals surface area contributed by atoms with E-state index in [1.165, 1.54) is 54.6 Å². The summed E-state index contributed by atoms with van der Waals surface area (Å²) in [6.07, 6.45) is 0. The van der Waals surface area contributed by atoms with Gasteiger partial charge in [-0.3, -0.25) is 0 Å². The summed E-state index contributed by atoms with van der Waals surface area (Å²) < 4.78 is 2.37. The Morgan fingerprint density at radius 1 is 0.478 bits per heavy atom. The molecule has 3 nitrogen and oxygen atoms in total. The molecule has 0 N–H and O–H groups in total. The summed E-state index contributed by atoms with van der Waals surface area (Å²) in [4.78, 5) is 10.6. The van der Waals surface area contributed by atoms with Crippen LogP contribution in [0.1, 0.15) is 0 Å². The number of aromatic nitrogens is 3. The summed E-state index contributed by atoms with van der Waals surface area (Å²) in [5.74, 6) is 0.774. The van der Waals surface area contributed by atoms with Crippen LogP contribution in [0.4, 0.5) is 0 Å². The van der Waals surface area contributed by atoms with Gasteiger partial charge in [-0.05, 0) is 63.5 Å². The van der Waals surface area contributed by atoms with Gasteiger partial charge in [-0.1, -0.05) is 128 Å². The van der Waals surface area contributed by atoms with Gasteiger partial charge in [-0.15, -0.1) is 0 Å². The van der Waals surface area contributed by atoms with Gasteiger partial charge in [0.25, 0.3) is 0 Å². The second-order valence-electron chi connectivity index (χ2n) is 12.7. The fourth-order valence-electron chi connectivity index (χ4n) is 7.40. The van der Waals surface area contributed by atoms with E-state index in [0.717, 1.165) is 28.3 Å². The normalized spacial score (nSPS) is 13.2. The molecular formula is C42H31N3Si. The van der Waals surface area contributed by atoms with E-state index in [1.54, 1.807) is 0 Å². The largest absolute Gasteiger partial charge is 0.309 e. The van der Waals surface area contributed by atoms with Crippen LogP contribution in [0.5, 0.6) is 0 Å². The smallest absolute Gasteiger partial charge is 0.160 e. The van der Waals surface area contributed by atoms with Crippen molar-refractivity contribution in [1.82, 2.24) is 14.5 Å². The van der Waals surface area contributed by atoms with Crippen LogP contribution in [-0.4, -0.2) is 22.6 Å². The Kier molecular flexibility index (Phi) is 5.96. The molecule has 0 bridgehead atoms. The molecule has 0 fully saturated rings. The van der Waals surface area contributed by atoms with E-state index in [1.807, 2.05) is 6.07 Å². The van der Waals surface area contributed by atoms with E-state index in [9.17, 15) is 0 Å². The van der Waals surface area contributed by atoms with Crippen LogP contribution in [0.15, 0.2) is 152 Å². The Morgan fingerprint density at radius 2 is 1.11 bits per heavy atom. The second-order valence-corrected chi connectivity index (χ2v) is 16.9. The third-order valence-electron chi connectivity index (χ3n) is 9.58. The average Bonchev–Trinajstić information content (AvgIpc) is 3.57. The van der Waals surface area contributed by atoms with Crippen molar-refractivity contribution < 1.29 is 0 Å². The van der Waals surface area contributed by atoms with Crippen molar-refractivity contribution in [3.63, 3.8) is 0 Å². The van der Waals surface area contributed by atoms with E-state index < -0.39 is 8.07 Å². The maximum Gasteiger partial charge on any atom is 0.160 e. The third-order valence-corrected chi connectivity index (χ3v) is 13.1. The number of nitrogens with zero attached hydrogens (tertiary/aromatic N) is 3. The molecule has 1 aliphatic heterocycles. The minimum atomic E-state index is -2.05. The molecule has 218 valence electrons. The molecule has 4 heteroatoms. The SMILES string of the molecule is C[Si]1(C)c2ccccc2-c2nc(-c3ccccc3)nc(-c3cccc(-c4ccc5c(c4)c4ccccc4n5-c4ccccc4)c3)c21. The Labute approximate surface area is 269 Å². The molecule has 1 aliphatic rings. The first kappa shape index (κ1) is 26.8. The highest BCUT2D eigenvalue weighted by Gasteiger charge is 2.41. The molecule has 0 saturated carbocycles. The maximum absolute atomic E-state index is 5.35. The maximum atomic E-state index is 5.35. The molecule has 3 heterocycles. The average molecular weight is 606 g/mol. The lowest BCUT2D eigenvalue weighted by Gasteiger charge is -2.22. The zero-order chi connectivity index (χ0) is 30.8. The zero-order valence-corrected chi connectivity index (χ0v) is 26.8. The molecule has 0 radical (unpaired) electrons. The minimum Gasteiger partial charge on any atom is -0.309 e. The molecule has 46 heavy (non-hydrogen) atoms. The summed E-state index contributed by atoms with van der Waals surface area (Å²) in [6, 6.07) is 54.3. The van der Waals surface area contributed by atoms with E-state index in [0.29, 0.717) is 0 Å². The fourth-order valence-corrected chi connectivity index (χ4v) is 10.6. The van der Waals surface area contributed by atoms with Gasteiger partial charge in [0, 0.05) is 27.6 Å². The fraction of sp³-hybridized carbons (Fsp3) is 0.0476. The molecule has 0 amide bonds. The van der Waals surface area contributed by atoms with Gasteiger partial charge in [0.15, 0.2) is 5.82 Å².